The largest absolute Gasteiger partial charge is 0.396 e. The molecule has 3 N–H and O–H groups in total. The first-order chi connectivity index (χ1) is 8.63. The number of nitrogens with one attached hydrogen (secondary N) is 1. The number of anilines is 2. The zero-order valence-electron chi connectivity index (χ0n) is 10.6. The predicted octanol–water partition coefficient (Wildman–Crippen LogP) is 2.85. The van der Waals surface area contributed by atoms with E-state index in [9.17, 15) is 4.79 Å². The number of Topliss-reactive ketones (excluding diaryl/α,β-unsaturated/α-hetero) is 1. The summed E-state index contributed by atoms with van der Waals surface area (Å²) in [5.74, 6) is 0.0259. The van der Waals surface area contributed by atoms with E-state index in [0.717, 1.165) is 35.9 Å². The van der Waals surface area contributed by atoms with Gasteiger partial charge >= 0.3 is 0 Å². The second kappa shape index (κ2) is 5.95. The van der Waals surface area contributed by atoms with Crippen molar-refractivity contribution in [3.8, 4) is 0 Å². The molecule has 1 aliphatic rings. The quantitative estimate of drug-likeness (QED) is 0.643. The highest BCUT2D eigenvalue weighted by Crippen LogP contribution is 2.41. The second-order valence-corrected chi connectivity index (χ2v) is 6.12. The molecule has 0 aliphatic carbocycles. The SMILES string of the molecule is CSc1c(NCC2CCCO2)sc(C(C)=O)c1N. The van der Waals surface area contributed by atoms with Crippen LogP contribution in [0.25, 0.3) is 0 Å². The molecule has 4 nitrogen and oxygen atoms in total. The highest BCUT2D eigenvalue weighted by molar-refractivity contribution is 7.99. The first-order valence-corrected chi connectivity index (χ1v) is 8.00. The van der Waals surface area contributed by atoms with E-state index in [0.29, 0.717) is 10.6 Å². The van der Waals surface area contributed by atoms with Crippen LogP contribution in [0.4, 0.5) is 10.7 Å². The predicted molar refractivity (Wildman–Crippen MR) is 78.0 cm³/mol. The highest BCUT2D eigenvalue weighted by Gasteiger charge is 2.20. The summed E-state index contributed by atoms with van der Waals surface area (Å²) >= 11 is 3.01. The van der Waals surface area contributed by atoms with Crippen molar-refractivity contribution < 1.29 is 9.53 Å². The fraction of sp³-hybridized carbons (Fsp3) is 0.583. The molecule has 0 aromatic carbocycles. The highest BCUT2D eigenvalue weighted by atomic mass is 32.2. The van der Waals surface area contributed by atoms with Gasteiger partial charge in [0.25, 0.3) is 0 Å². The Balaban J connectivity index is 2.10. The minimum atomic E-state index is 0.0259. The molecule has 0 bridgehead atoms. The maximum atomic E-state index is 11.5. The fourth-order valence-corrected chi connectivity index (χ4v) is 3.96. The Bertz CT molecular complexity index is 440. The van der Waals surface area contributed by atoms with Crippen LogP contribution < -0.4 is 11.1 Å². The van der Waals surface area contributed by atoms with Gasteiger partial charge in [0.05, 0.1) is 21.6 Å². The molecule has 18 heavy (non-hydrogen) atoms. The van der Waals surface area contributed by atoms with Crippen LogP contribution in [0.5, 0.6) is 0 Å². The number of nitrogens with two attached hydrogens (primary N) is 1. The summed E-state index contributed by atoms with van der Waals surface area (Å²) in [5, 5.41) is 4.35. The van der Waals surface area contributed by atoms with Gasteiger partial charge in [0.2, 0.25) is 0 Å². The Kier molecular flexibility index (Phi) is 4.53. The van der Waals surface area contributed by atoms with Gasteiger partial charge in [-0.15, -0.1) is 23.1 Å². The minimum absolute atomic E-state index is 0.0259. The van der Waals surface area contributed by atoms with E-state index in [-0.39, 0.29) is 11.9 Å². The van der Waals surface area contributed by atoms with Crippen LogP contribution in [0.1, 0.15) is 29.4 Å². The third-order valence-electron chi connectivity index (χ3n) is 2.94. The molecular weight excluding hydrogens is 268 g/mol. The van der Waals surface area contributed by atoms with Crippen LogP contribution in [0.2, 0.25) is 0 Å². The Morgan fingerprint density at radius 2 is 2.44 bits per heavy atom. The van der Waals surface area contributed by atoms with Crippen LogP contribution >= 0.6 is 23.1 Å². The van der Waals surface area contributed by atoms with Gasteiger partial charge in [-0.25, -0.2) is 0 Å². The molecule has 0 saturated carbocycles. The molecule has 1 aromatic rings. The van der Waals surface area contributed by atoms with Crippen LogP contribution in [-0.2, 0) is 4.74 Å². The lowest BCUT2D eigenvalue weighted by molar-refractivity contribution is 0.102. The van der Waals surface area contributed by atoms with Gasteiger partial charge in [-0.05, 0) is 19.1 Å². The molecule has 0 amide bonds. The van der Waals surface area contributed by atoms with Crippen molar-refractivity contribution >= 4 is 39.6 Å². The summed E-state index contributed by atoms with van der Waals surface area (Å²) in [6.45, 7) is 3.19. The maximum Gasteiger partial charge on any atom is 0.171 e. The molecule has 0 radical (unpaired) electrons. The molecule has 1 aliphatic heterocycles. The van der Waals surface area contributed by atoms with E-state index in [4.69, 9.17) is 10.5 Å². The number of hydrogen-bond donors (Lipinski definition) is 2. The van der Waals surface area contributed by atoms with Crippen molar-refractivity contribution in [3.05, 3.63) is 4.88 Å². The van der Waals surface area contributed by atoms with Gasteiger partial charge in [0.1, 0.15) is 5.00 Å². The lowest BCUT2D eigenvalue weighted by Gasteiger charge is -2.11. The molecule has 1 fully saturated rings. The average Bonchev–Trinajstić information content (AvgIpc) is 2.93. The third-order valence-corrected chi connectivity index (χ3v) is 5.16. The van der Waals surface area contributed by atoms with Gasteiger partial charge in [-0.2, -0.15) is 0 Å². The van der Waals surface area contributed by atoms with Crippen LogP contribution in [-0.4, -0.2) is 31.3 Å². The van der Waals surface area contributed by atoms with Crippen LogP contribution in [0.15, 0.2) is 4.90 Å². The first-order valence-electron chi connectivity index (χ1n) is 5.96. The van der Waals surface area contributed by atoms with E-state index in [2.05, 4.69) is 5.32 Å². The molecule has 1 saturated heterocycles. The lowest BCUT2D eigenvalue weighted by Crippen LogP contribution is -2.18. The van der Waals surface area contributed by atoms with E-state index in [1.54, 1.807) is 18.7 Å². The van der Waals surface area contributed by atoms with Crippen molar-refractivity contribution in [1.29, 1.82) is 0 Å². The van der Waals surface area contributed by atoms with Gasteiger partial charge in [0, 0.05) is 20.1 Å². The Labute approximate surface area is 115 Å². The summed E-state index contributed by atoms with van der Waals surface area (Å²) in [4.78, 5) is 13.1. The lowest BCUT2D eigenvalue weighted by atomic mass is 10.2. The van der Waals surface area contributed by atoms with E-state index in [1.165, 1.54) is 11.3 Å². The standard InChI is InChI=1S/C12H18N2O2S2/c1-7(15)10-9(13)11(17-2)12(18-10)14-6-8-4-3-5-16-8/h8,14H,3-6,13H2,1-2H3. The van der Waals surface area contributed by atoms with Crippen molar-refractivity contribution in [2.24, 2.45) is 0 Å². The zero-order valence-corrected chi connectivity index (χ0v) is 12.2. The topological polar surface area (TPSA) is 64.3 Å². The van der Waals surface area contributed by atoms with Crippen LogP contribution in [0.3, 0.4) is 0 Å². The summed E-state index contributed by atoms with van der Waals surface area (Å²) in [6.07, 6.45) is 4.48. The van der Waals surface area contributed by atoms with Crippen molar-refractivity contribution in [1.82, 2.24) is 0 Å². The number of ketones is 1. The van der Waals surface area contributed by atoms with Crippen molar-refractivity contribution in [3.63, 3.8) is 0 Å². The van der Waals surface area contributed by atoms with Crippen molar-refractivity contribution in [2.75, 3.05) is 30.5 Å². The number of thioether (sulfide) groups is 1. The fourth-order valence-electron chi connectivity index (χ4n) is 2.02. The number of thiophene rings is 1. The summed E-state index contributed by atoms with van der Waals surface area (Å²) in [5.41, 5.74) is 6.60. The van der Waals surface area contributed by atoms with Gasteiger partial charge < -0.3 is 15.8 Å². The molecule has 1 aromatic heterocycles. The normalized spacial score (nSPS) is 19.1. The molecule has 2 heterocycles. The smallest absolute Gasteiger partial charge is 0.171 e. The van der Waals surface area contributed by atoms with E-state index in [1.807, 2.05) is 6.26 Å². The van der Waals surface area contributed by atoms with Gasteiger partial charge in [0.15, 0.2) is 5.78 Å². The van der Waals surface area contributed by atoms with Crippen LogP contribution in [0, 0.1) is 0 Å². The molecule has 100 valence electrons. The Morgan fingerprint density at radius 3 is 3.00 bits per heavy atom. The number of carbonyl (C=O) groups excluding carboxylic acids is 1. The average molecular weight is 286 g/mol. The number of carbonyl (C=O) groups is 1. The number of rotatable bonds is 5. The molecular formula is C12H18N2O2S2. The van der Waals surface area contributed by atoms with Gasteiger partial charge in [-0.1, -0.05) is 0 Å². The summed E-state index contributed by atoms with van der Waals surface area (Å²) in [6, 6.07) is 0. The Morgan fingerprint density at radius 1 is 1.67 bits per heavy atom. The number of ether oxygens (including phenoxy) is 1. The monoisotopic (exact) mass is 286 g/mol. The zero-order chi connectivity index (χ0) is 13.1. The molecule has 6 heteroatoms. The number of nitrogen functional groups attached to an aromatic ring is 1. The van der Waals surface area contributed by atoms with Crippen molar-refractivity contribution in [2.45, 2.75) is 30.8 Å². The third kappa shape index (κ3) is 2.81. The second-order valence-electron chi connectivity index (χ2n) is 4.28. The number of hydrogen-bond acceptors (Lipinski definition) is 6. The molecule has 0 spiro atoms. The Hall–Kier alpha value is -0.720. The maximum absolute atomic E-state index is 11.5. The minimum Gasteiger partial charge on any atom is -0.396 e. The molecule has 1 unspecified atom stereocenters. The molecule has 2 rings (SSSR count). The first kappa shape index (κ1) is 13.7. The van der Waals surface area contributed by atoms with E-state index < -0.39 is 0 Å². The summed E-state index contributed by atoms with van der Waals surface area (Å²) < 4.78 is 5.57. The summed E-state index contributed by atoms with van der Waals surface area (Å²) in [7, 11) is 0. The molecule has 1 atom stereocenters. The van der Waals surface area contributed by atoms with E-state index >= 15 is 0 Å². The van der Waals surface area contributed by atoms with Gasteiger partial charge in [-0.3, -0.25) is 4.79 Å².